The number of sulfonamides is 1. The zero-order chi connectivity index (χ0) is 15.5. The molecule has 0 aliphatic heterocycles. The molecule has 0 aliphatic carbocycles. The van der Waals surface area contributed by atoms with Gasteiger partial charge in [-0.25, -0.2) is 18.1 Å². The molecular weight excluding hydrogens is 310 g/mol. The van der Waals surface area contributed by atoms with Gasteiger partial charge < -0.3 is 9.73 Å². The minimum absolute atomic E-state index is 0.183. The predicted molar refractivity (Wildman–Crippen MR) is 81.7 cm³/mol. The summed E-state index contributed by atoms with van der Waals surface area (Å²) in [6.07, 6.45) is 2.30. The maximum Gasteiger partial charge on any atom is 0.244 e. The average molecular weight is 329 g/mol. The zero-order valence-corrected chi connectivity index (χ0v) is 13.8. The Bertz CT molecular complexity index is 678. The van der Waals surface area contributed by atoms with E-state index in [0.29, 0.717) is 24.5 Å². The molecule has 0 amide bonds. The van der Waals surface area contributed by atoms with Crippen molar-refractivity contribution in [3.63, 3.8) is 0 Å². The summed E-state index contributed by atoms with van der Waals surface area (Å²) < 4.78 is 33.2. The van der Waals surface area contributed by atoms with Gasteiger partial charge in [0.25, 0.3) is 0 Å². The minimum Gasteiger partial charge on any atom is -0.464 e. The highest BCUT2D eigenvalue weighted by Crippen LogP contribution is 2.25. The summed E-state index contributed by atoms with van der Waals surface area (Å²) in [5.41, 5.74) is 0. The first-order valence-electron chi connectivity index (χ1n) is 6.63. The molecule has 21 heavy (non-hydrogen) atoms. The second-order valence-electron chi connectivity index (χ2n) is 4.62. The molecule has 6 nitrogen and oxygen atoms in total. The molecule has 1 unspecified atom stereocenters. The van der Waals surface area contributed by atoms with Gasteiger partial charge in [-0.1, -0.05) is 6.92 Å². The molecule has 8 heteroatoms. The van der Waals surface area contributed by atoms with Crippen LogP contribution >= 0.6 is 11.3 Å². The van der Waals surface area contributed by atoms with E-state index in [4.69, 9.17) is 4.42 Å². The van der Waals surface area contributed by atoms with Crippen LogP contribution in [-0.4, -0.2) is 20.4 Å². The fraction of sp³-hybridized carbons (Fsp3) is 0.462. The lowest BCUT2D eigenvalue weighted by Crippen LogP contribution is -2.28. The lowest BCUT2D eigenvalue weighted by atomic mass is 10.3. The largest absolute Gasteiger partial charge is 0.464 e. The molecule has 0 radical (unpaired) electrons. The first-order chi connectivity index (χ1) is 9.97. The van der Waals surface area contributed by atoms with Crippen molar-refractivity contribution in [2.75, 3.05) is 7.05 Å². The van der Waals surface area contributed by atoms with Gasteiger partial charge >= 0.3 is 0 Å². The Labute approximate surface area is 128 Å². The smallest absolute Gasteiger partial charge is 0.244 e. The van der Waals surface area contributed by atoms with Gasteiger partial charge in [0.15, 0.2) is 0 Å². The minimum atomic E-state index is -3.63. The number of nitrogens with zero attached hydrogens (tertiary/aromatic N) is 1. The molecule has 2 heterocycles. The number of thiazole rings is 1. The van der Waals surface area contributed by atoms with Gasteiger partial charge in [0.05, 0.1) is 12.6 Å². The van der Waals surface area contributed by atoms with Crippen molar-refractivity contribution >= 4 is 21.4 Å². The molecule has 2 N–H and O–H groups in total. The maximum atomic E-state index is 12.5. The Hall–Kier alpha value is -1.22. The molecule has 0 bridgehead atoms. The van der Waals surface area contributed by atoms with E-state index < -0.39 is 10.0 Å². The van der Waals surface area contributed by atoms with Crippen LogP contribution in [0.2, 0.25) is 0 Å². The van der Waals surface area contributed by atoms with Crippen molar-refractivity contribution < 1.29 is 12.8 Å². The standard InChI is InChI=1S/C13H19N3O3S2/c1-4-11(13-15-5-6-20-13)16-21(17,18)12-7-10(8-14-3)19-9(12)2/h5-7,11,14,16H,4,8H2,1-3H3. The Balaban J connectivity index is 2.25. The zero-order valence-electron chi connectivity index (χ0n) is 12.2. The molecule has 116 valence electrons. The van der Waals surface area contributed by atoms with Crippen molar-refractivity contribution in [1.29, 1.82) is 0 Å². The van der Waals surface area contributed by atoms with Crippen LogP contribution in [0.15, 0.2) is 27.0 Å². The normalized spacial score (nSPS) is 13.5. The van der Waals surface area contributed by atoms with E-state index >= 15 is 0 Å². The molecule has 0 saturated carbocycles. The highest BCUT2D eigenvalue weighted by atomic mass is 32.2. The molecule has 0 aliphatic rings. The highest BCUT2D eigenvalue weighted by Gasteiger charge is 2.25. The van der Waals surface area contributed by atoms with Gasteiger partial charge in [0.1, 0.15) is 21.4 Å². The van der Waals surface area contributed by atoms with E-state index in [9.17, 15) is 8.42 Å². The van der Waals surface area contributed by atoms with Crippen molar-refractivity contribution in [3.05, 3.63) is 34.2 Å². The molecular formula is C13H19N3O3S2. The summed E-state index contributed by atoms with van der Waals surface area (Å²) in [5, 5.41) is 5.53. The number of aromatic nitrogens is 1. The van der Waals surface area contributed by atoms with Crippen molar-refractivity contribution in [2.45, 2.75) is 37.8 Å². The summed E-state index contributed by atoms with van der Waals surface area (Å²) in [5.74, 6) is 0.986. The molecule has 0 spiro atoms. The van der Waals surface area contributed by atoms with Crippen LogP contribution < -0.4 is 10.0 Å². The molecule has 2 aromatic heterocycles. The van der Waals surface area contributed by atoms with Crippen LogP contribution in [0.1, 0.15) is 35.9 Å². The number of hydrogen-bond donors (Lipinski definition) is 2. The third-order valence-corrected chi connectivity index (χ3v) is 5.49. The van der Waals surface area contributed by atoms with Crippen LogP contribution in [0.4, 0.5) is 0 Å². The number of furan rings is 1. The van der Waals surface area contributed by atoms with Crippen molar-refractivity contribution in [3.8, 4) is 0 Å². The van der Waals surface area contributed by atoms with E-state index in [1.165, 1.54) is 11.3 Å². The van der Waals surface area contributed by atoms with E-state index in [-0.39, 0.29) is 10.9 Å². The topological polar surface area (TPSA) is 84.2 Å². The fourth-order valence-corrected chi connectivity index (χ4v) is 4.35. The van der Waals surface area contributed by atoms with Gasteiger partial charge in [-0.2, -0.15) is 0 Å². The number of hydrogen-bond acceptors (Lipinski definition) is 6. The van der Waals surface area contributed by atoms with E-state index in [1.807, 2.05) is 12.3 Å². The lowest BCUT2D eigenvalue weighted by molar-refractivity contribution is 0.465. The van der Waals surface area contributed by atoms with Crippen LogP contribution in [0.25, 0.3) is 0 Å². The Morgan fingerprint density at radius 2 is 2.24 bits per heavy atom. The maximum absolute atomic E-state index is 12.5. The number of aryl methyl sites for hydroxylation is 1. The predicted octanol–water partition coefficient (Wildman–Crippen LogP) is 2.19. The van der Waals surface area contributed by atoms with Gasteiger partial charge in [-0.05, 0) is 20.4 Å². The quantitative estimate of drug-likeness (QED) is 0.813. The van der Waals surface area contributed by atoms with Crippen LogP contribution in [0.5, 0.6) is 0 Å². The summed E-state index contributed by atoms with van der Waals surface area (Å²) in [7, 11) is -1.85. The molecule has 0 fully saturated rings. The third kappa shape index (κ3) is 3.70. The average Bonchev–Trinajstić information content (AvgIpc) is 3.06. The van der Waals surface area contributed by atoms with Crippen molar-refractivity contribution in [2.24, 2.45) is 0 Å². The van der Waals surface area contributed by atoms with Crippen LogP contribution in [-0.2, 0) is 16.6 Å². The van der Waals surface area contributed by atoms with Crippen LogP contribution in [0, 0.1) is 6.92 Å². The summed E-state index contributed by atoms with van der Waals surface area (Å²) in [6.45, 7) is 4.06. The van der Waals surface area contributed by atoms with E-state index in [0.717, 1.165) is 5.01 Å². The van der Waals surface area contributed by atoms with Crippen LogP contribution in [0.3, 0.4) is 0 Å². The number of nitrogens with one attached hydrogen (secondary N) is 2. The fourth-order valence-electron chi connectivity index (χ4n) is 2.02. The van der Waals surface area contributed by atoms with Crippen molar-refractivity contribution in [1.82, 2.24) is 15.0 Å². The van der Waals surface area contributed by atoms with Gasteiger partial charge in [-0.3, -0.25) is 0 Å². The Morgan fingerprint density at radius 1 is 1.48 bits per heavy atom. The van der Waals surface area contributed by atoms with E-state index in [1.54, 1.807) is 26.2 Å². The summed E-state index contributed by atoms with van der Waals surface area (Å²) >= 11 is 1.44. The third-order valence-electron chi connectivity index (χ3n) is 3.02. The first kappa shape index (κ1) is 16.2. The number of rotatable bonds is 7. The first-order valence-corrected chi connectivity index (χ1v) is 8.99. The Kier molecular flexibility index (Phi) is 5.15. The Morgan fingerprint density at radius 3 is 2.81 bits per heavy atom. The monoisotopic (exact) mass is 329 g/mol. The second kappa shape index (κ2) is 6.69. The van der Waals surface area contributed by atoms with Gasteiger partial charge in [0.2, 0.25) is 10.0 Å². The molecule has 2 rings (SSSR count). The SMILES string of the molecule is CCC(NS(=O)(=O)c1cc(CNC)oc1C)c1nccs1. The molecule has 1 atom stereocenters. The van der Waals surface area contributed by atoms with E-state index in [2.05, 4.69) is 15.0 Å². The summed E-state index contributed by atoms with van der Waals surface area (Å²) in [4.78, 5) is 4.36. The summed E-state index contributed by atoms with van der Waals surface area (Å²) in [6, 6.07) is 1.24. The van der Waals surface area contributed by atoms with Gasteiger partial charge in [0, 0.05) is 17.6 Å². The second-order valence-corrected chi connectivity index (χ2v) is 7.22. The molecule has 2 aromatic rings. The lowest BCUT2D eigenvalue weighted by Gasteiger charge is -2.14. The molecule has 0 saturated heterocycles. The van der Waals surface area contributed by atoms with Gasteiger partial charge in [-0.15, -0.1) is 11.3 Å². The molecule has 0 aromatic carbocycles. The highest BCUT2D eigenvalue weighted by molar-refractivity contribution is 7.89.